The smallest absolute Gasteiger partial charge is 0.177 e. The van der Waals surface area contributed by atoms with Crippen LogP contribution < -0.4 is 5.32 Å². The molecule has 0 saturated carbocycles. The third kappa shape index (κ3) is 4.56. The van der Waals surface area contributed by atoms with Gasteiger partial charge in [0.05, 0.1) is 10.6 Å². The highest BCUT2D eigenvalue weighted by molar-refractivity contribution is 7.90. The van der Waals surface area contributed by atoms with Crippen LogP contribution in [0.1, 0.15) is 19.8 Å². The van der Waals surface area contributed by atoms with Crippen LogP contribution in [0.2, 0.25) is 0 Å². The predicted molar refractivity (Wildman–Crippen MR) is 72.6 cm³/mol. The van der Waals surface area contributed by atoms with Crippen molar-refractivity contribution in [1.29, 1.82) is 0 Å². The molecular formula is C12H18ClNO2S. The van der Waals surface area contributed by atoms with E-state index in [4.69, 9.17) is 11.6 Å². The molecule has 0 amide bonds. The highest BCUT2D eigenvalue weighted by Crippen LogP contribution is 2.22. The Morgan fingerprint density at radius 2 is 2.00 bits per heavy atom. The molecule has 0 bridgehead atoms. The van der Waals surface area contributed by atoms with Gasteiger partial charge in [-0.1, -0.05) is 12.1 Å². The van der Waals surface area contributed by atoms with Crippen LogP contribution >= 0.6 is 11.6 Å². The third-order valence-electron chi connectivity index (χ3n) is 2.46. The Hall–Kier alpha value is -0.740. The number of anilines is 1. The summed E-state index contributed by atoms with van der Waals surface area (Å²) >= 11 is 5.63. The Morgan fingerprint density at radius 1 is 1.35 bits per heavy atom. The van der Waals surface area contributed by atoms with Crippen molar-refractivity contribution in [2.24, 2.45) is 0 Å². The van der Waals surface area contributed by atoms with Crippen LogP contribution in [-0.2, 0) is 9.84 Å². The summed E-state index contributed by atoms with van der Waals surface area (Å²) < 4.78 is 23.2. The zero-order valence-corrected chi connectivity index (χ0v) is 11.7. The molecule has 1 unspecified atom stereocenters. The average Bonchev–Trinajstić information content (AvgIpc) is 2.25. The Morgan fingerprint density at radius 3 is 2.59 bits per heavy atom. The maximum atomic E-state index is 11.6. The molecule has 0 aliphatic carbocycles. The van der Waals surface area contributed by atoms with Gasteiger partial charge < -0.3 is 5.32 Å². The number of benzene rings is 1. The summed E-state index contributed by atoms with van der Waals surface area (Å²) in [5.41, 5.74) is 0.664. The number of para-hydroxylation sites is 1. The van der Waals surface area contributed by atoms with E-state index in [1.807, 2.05) is 13.0 Å². The number of hydrogen-bond acceptors (Lipinski definition) is 3. The molecule has 17 heavy (non-hydrogen) atoms. The molecule has 3 nitrogen and oxygen atoms in total. The van der Waals surface area contributed by atoms with E-state index in [2.05, 4.69) is 5.32 Å². The van der Waals surface area contributed by atoms with Gasteiger partial charge in [0, 0.05) is 18.2 Å². The van der Waals surface area contributed by atoms with Crippen LogP contribution in [0.15, 0.2) is 29.2 Å². The molecule has 1 atom stereocenters. The molecule has 0 aromatic heterocycles. The fourth-order valence-corrected chi connectivity index (χ4v) is 2.64. The van der Waals surface area contributed by atoms with Crippen LogP contribution in [0.4, 0.5) is 5.69 Å². The Labute approximate surface area is 108 Å². The van der Waals surface area contributed by atoms with Gasteiger partial charge in [-0.15, -0.1) is 11.6 Å². The summed E-state index contributed by atoms with van der Waals surface area (Å²) in [6, 6.07) is 7.16. The van der Waals surface area contributed by atoms with Crippen molar-refractivity contribution in [3.05, 3.63) is 24.3 Å². The summed E-state index contributed by atoms with van der Waals surface area (Å²) in [6.45, 7) is 2.02. The van der Waals surface area contributed by atoms with Gasteiger partial charge in [-0.2, -0.15) is 0 Å². The van der Waals surface area contributed by atoms with Crippen molar-refractivity contribution in [1.82, 2.24) is 0 Å². The van der Waals surface area contributed by atoms with E-state index < -0.39 is 9.84 Å². The molecule has 1 rings (SSSR count). The van der Waals surface area contributed by atoms with E-state index in [1.54, 1.807) is 18.2 Å². The second kappa shape index (κ2) is 6.26. The minimum absolute atomic E-state index is 0.205. The van der Waals surface area contributed by atoms with Gasteiger partial charge >= 0.3 is 0 Å². The first-order valence-corrected chi connectivity index (χ1v) is 7.99. The summed E-state index contributed by atoms with van der Waals surface area (Å²) in [5, 5.41) is 3.21. The molecule has 1 aromatic carbocycles. The van der Waals surface area contributed by atoms with Crippen molar-refractivity contribution in [3.8, 4) is 0 Å². The van der Waals surface area contributed by atoms with Crippen LogP contribution in [-0.4, -0.2) is 26.6 Å². The zero-order valence-electron chi connectivity index (χ0n) is 10.1. The van der Waals surface area contributed by atoms with Gasteiger partial charge in [-0.05, 0) is 31.9 Å². The minimum atomic E-state index is -3.19. The number of rotatable bonds is 6. The normalized spacial score (nSPS) is 13.4. The topological polar surface area (TPSA) is 46.2 Å². The fourth-order valence-electron chi connectivity index (χ4n) is 1.63. The standard InChI is InChI=1S/C12H18ClNO2S/c1-10(6-5-9-13)14-11-7-3-4-8-12(11)17(2,15)16/h3-4,7-8,10,14H,5-6,9H2,1-2H3. The van der Waals surface area contributed by atoms with E-state index in [0.29, 0.717) is 16.5 Å². The first-order valence-electron chi connectivity index (χ1n) is 5.56. The van der Waals surface area contributed by atoms with Crippen LogP contribution in [0, 0.1) is 0 Å². The zero-order chi connectivity index (χ0) is 12.9. The monoisotopic (exact) mass is 275 g/mol. The molecule has 0 aliphatic rings. The van der Waals surface area contributed by atoms with E-state index in [9.17, 15) is 8.42 Å². The lowest BCUT2D eigenvalue weighted by Crippen LogP contribution is -2.17. The number of alkyl halides is 1. The Kier molecular flexibility index (Phi) is 5.28. The van der Waals surface area contributed by atoms with Crippen LogP contribution in [0.3, 0.4) is 0 Å². The van der Waals surface area contributed by atoms with Crippen LogP contribution in [0.5, 0.6) is 0 Å². The van der Waals surface area contributed by atoms with Crippen molar-refractivity contribution in [3.63, 3.8) is 0 Å². The second-order valence-corrected chi connectivity index (χ2v) is 6.51. The molecule has 0 aliphatic heterocycles. The third-order valence-corrected chi connectivity index (χ3v) is 3.88. The predicted octanol–water partition coefficient (Wildman–Crippen LogP) is 2.91. The average molecular weight is 276 g/mol. The van der Waals surface area contributed by atoms with Crippen LogP contribution in [0.25, 0.3) is 0 Å². The van der Waals surface area contributed by atoms with E-state index in [-0.39, 0.29) is 6.04 Å². The summed E-state index contributed by atoms with van der Waals surface area (Å²) in [4.78, 5) is 0.345. The van der Waals surface area contributed by atoms with Crippen molar-refractivity contribution in [2.45, 2.75) is 30.7 Å². The van der Waals surface area contributed by atoms with Crippen molar-refractivity contribution in [2.75, 3.05) is 17.5 Å². The molecular weight excluding hydrogens is 258 g/mol. The largest absolute Gasteiger partial charge is 0.382 e. The molecule has 0 radical (unpaired) electrons. The summed E-state index contributed by atoms with van der Waals surface area (Å²) in [6.07, 6.45) is 3.05. The molecule has 0 heterocycles. The Balaban J connectivity index is 2.84. The quantitative estimate of drug-likeness (QED) is 0.812. The molecule has 1 aromatic rings. The van der Waals surface area contributed by atoms with Crippen molar-refractivity contribution >= 4 is 27.1 Å². The van der Waals surface area contributed by atoms with Gasteiger partial charge in [0.1, 0.15) is 0 Å². The lowest BCUT2D eigenvalue weighted by atomic mass is 10.2. The molecule has 5 heteroatoms. The first-order chi connectivity index (χ1) is 7.95. The summed E-state index contributed by atoms with van der Waals surface area (Å²) in [7, 11) is -3.19. The number of sulfone groups is 1. The number of hydrogen-bond donors (Lipinski definition) is 1. The fraction of sp³-hybridized carbons (Fsp3) is 0.500. The second-order valence-electron chi connectivity index (χ2n) is 4.14. The van der Waals surface area contributed by atoms with E-state index >= 15 is 0 Å². The van der Waals surface area contributed by atoms with Gasteiger partial charge in [-0.25, -0.2) is 8.42 Å². The molecule has 1 N–H and O–H groups in total. The summed E-state index contributed by atoms with van der Waals surface area (Å²) in [5.74, 6) is 0.625. The first kappa shape index (κ1) is 14.3. The molecule has 0 spiro atoms. The van der Waals surface area contributed by atoms with Gasteiger partial charge in [-0.3, -0.25) is 0 Å². The lowest BCUT2D eigenvalue weighted by molar-refractivity contribution is 0.601. The molecule has 96 valence electrons. The van der Waals surface area contributed by atoms with Gasteiger partial charge in [0.15, 0.2) is 9.84 Å². The Bertz CT molecular complexity index is 459. The number of nitrogens with one attached hydrogen (secondary N) is 1. The van der Waals surface area contributed by atoms with Crippen molar-refractivity contribution < 1.29 is 8.42 Å². The molecule has 0 saturated heterocycles. The maximum Gasteiger partial charge on any atom is 0.177 e. The van der Waals surface area contributed by atoms with E-state index in [1.165, 1.54) is 6.26 Å². The van der Waals surface area contributed by atoms with E-state index in [0.717, 1.165) is 12.8 Å². The maximum absolute atomic E-state index is 11.6. The lowest BCUT2D eigenvalue weighted by Gasteiger charge is -2.16. The molecule has 0 fully saturated rings. The van der Waals surface area contributed by atoms with Gasteiger partial charge in [0.2, 0.25) is 0 Å². The minimum Gasteiger partial charge on any atom is -0.382 e. The van der Waals surface area contributed by atoms with Gasteiger partial charge in [0.25, 0.3) is 0 Å². The SMILES string of the molecule is CC(CCCCl)Nc1ccccc1S(C)(=O)=O. The highest BCUT2D eigenvalue weighted by Gasteiger charge is 2.13. The number of halogens is 1. The highest BCUT2D eigenvalue weighted by atomic mass is 35.5.